The van der Waals surface area contributed by atoms with Gasteiger partial charge < -0.3 is 19.5 Å². The maximum absolute atomic E-state index is 11.9. The van der Waals surface area contributed by atoms with Gasteiger partial charge in [-0.25, -0.2) is 9.59 Å². The summed E-state index contributed by atoms with van der Waals surface area (Å²) >= 11 is -2.31. The van der Waals surface area contributed by atoms with Gasteiger partial charge in [0.1, 0.15) is 5.75 Å². The van der Waals surface area contributed by atoms with Crippen LogP contribution in [-0.2, 0) is 16.8 Å². The van der Waals surface area contributed by atoms with E-state index in [2.05, 4.69) is 0 Å². The SMILES string of the molecule is Cc1cc(-c2cc(CS(=O)[O-])ccc2OCC2CCCCC2)c(C(=O)O)cc1C(=O)O. The zero-order chi connectivity index (χ0) is 22.5. The molecule has 7 nitrogen and oxygen atoms in total. The van der Waals surface area contributed by atoms with E-state index >= 15 is 0 Å². The topological polar surface area (TPSA) is 124 Å². The van der Waals surface area contributed by atoms with E-state index in [1.807, 2.05) is 0 Å². The Morgan fingerprint density at radius 3 is 2.32 bits per heavy atom. The monoisotopic (exact) mass is 445 g/mol. The third-order valence-corrected chi connectivity index (χ3v) is 6.21. The van der Waals surface area contributed by atoms with E-state index in [-0.39, 0.29) is 16.9 Å². The van der Waals surface area contributed by atoms with Crippen molar-refractivity contribution in [3.8, 4) is 16.9 Å². The number of aryl methyl sites for hydroxylation is 1. The second kappa shape index (κ2) is 10.1. The highest BCUT2D eigenvalue weighted by Crippen LogP contribution is 2.36. The van der Waals surface area contributed by atoms with Gasteiger partial charge in [-0.15, -0.1) is 0 Å². The van der Waals surface area contributed by atoms with Crippen molar-refractivity contribution >= 4 is 23.0 Å². The molecule has 1 atom stereocenters. The van der Waals surface area contributed by atoms with Gasteiger partial charge in [-0.1, -0.05) is 36.4 Å². The van der Waals surface area contributed by atoms with Crippen LogP contribution >= 0.6 is 0 Å². The molecule has 0 spiro atoms. The molecule has 166 valence electrons. The minimum atomic E-state index is -2.31. The Bertz CT molecular complexity index is 1010. The van der Waals surface area contributed by atoms with E-state index in [0.717, 1.165) is 31.7 Å². The highest BCUT2D eigenvalue weighted by atomic mass is 32.2. The molecule has 1 aliphatic carbocycles. The molecule has 0 aliphatic heterocycles. The summed E-state index contributed by atoms with van der Waals surface area (Å²) in [6.07, 6.45) is 5.70. The molecule has 1 saturated carbocycles. The van der Waals surface area contributed by atoms with Crippen LogP contribution in [0.5, 0.6) is 5.75 Å². The Hall–Kier alpha value is -2.71. The lowest BCUT2D eigenvalue weighted by Gasteiger charge is -2.23. The maximum atomic E-state index is 11.9. The highest BCUT2D eigenvalue weighted by Gasteiger charge is 2.22. The third kappa shape index (κ3) is 5.71. The van der Waals surface area contributed by atoms with Gasteiger partial charge in [-0.3, -0.25) is 4.21 Å². The molecule has 0 radical (unpaired) electrons. The van der Waals surface area contributed by atoms with Crippen molar-refractivity contribution in [2.24, 2.45) is 5.92 Å². The zero-order valence-corrected chi connectivity index (χ0v) is 18.1. The van der Waals surface area contributed by atoms with Crippen molar-refractivity contribution in [2.45, 2.75) is 44.8 Å². The van der Waals surface area contributed by atoms with Crippen LogP contribution in [0.1, 0.15) is 63.9 Å². The summed E-state index contributed by atoms with van der Waals surface area (Å²) in [6, 6.07) is 7.56. The Morgan fingerprint density at radius 2 is 1.71 bits per heavy atom. The number of benzene rings is 2. The molecule has 0 saturated heterocycles. The number of carbonyl (C=O) groups is 2. The minimum absolute atomic E-state index is 0.0948. The molecule has 1 fully saturated rings. The van der Waals surface area contributed by atoms with E-state index < -0.39 is 23.0 Å². The number of rotatable bonds is 8. The lowest BCUT2D eigenvalue weighted by atomic mass is 9.90. The summed E-state index contributed by atoms with van der Waals surface area (Å²) in [4.78, 5) is 23.4. The molecule has 0 heterocycles. The molecular formula is C23H25O7S-. The Kier molecular flexibility index (Phi) is 7.46. The van der Waals surface area contributed by atoms with Gasteiger partial charge in [-0.05, 0) is 61.1 Å². The summed E-state index contributed by atoms with van der Waals surface area (Å²) < 4.78 is 28.5. The van der Waals surface area contributed by atoms with Gasteiger partial charge >= 0.3 is 11.9 Å². The van der Waals surface area contributed by atoms with Gasteiger partial charge in [0.2, 0.25) is 0 Å². The fourth-order valence-corrected chi connectivity index (χ4v) is 4.49. The van der Waals surface area contributed by atoms with Crippen molar-refractivity contribution in [1.82, 2.24) is 0 Å². The van der Waals surface area contributed by atoms with Crippen LogP contribution in [0.4, 0.5) is 0 Å². The maximum Gasteiger partial charge on any atom is 0.336 e. The molecular weight excluding hydrogens is 420 g/mol. The fraction of sp³-hybridized carbons (Fsp3) is 0.391. The van der Waals surface area contributed by atoms with Gasteiger partial charge in [0.05, 0.1) is 17.7 Å². The van der Waals surface area contributed by atoms with Crippen molar-refractivity contribution in [3.05, 3.63) is 52.6 Å². The van der Waals surface area contributed by atoms with Crippen molar-refractivity contribution in [3.63, 3.8) is 0 Å². The standard InChI is InChI=1S/C23H26O7S/c1-14-9-18(20(23(26)27)11-17(14)22(24)25)19-10-16(13-31(28)29)7-8-21(19)30-12-15-5-3-2-4-6-15/h7-11,15H,2-6,12-13H2,1H3,(H,24,25)(H,26,27)(H,28,29)/p-1. The number of carboxylic acids is 2. The molecule has 3 rings (SSSR count). The van der Waals surface area contributed by atoms with E-state index in [1.54, 1.807) is 25.1 Å². The van der Waals surface area contributed by atoms with Crippen LogP contribution in [0.3, 0.4) is 0 Å². The molecule has 8 heteroatoms. The zero-order valence-electron chi connectivity index (χ0n) is 17.3. The summed E-state index contributed by atoms with van der Waals surface area (Å²) in [7, 11) is 0. The van der Waals surface area contributed by atoms with Gasteiger partial charge in [0.25, 0.3) is 0 Å². The highest BCUT2D eigenvalue weighted by molar-refractivity contribution is 7.78. The van der Waals surface area contributed by atoms with Gasteiger partial charge in [-0.2, -0.15) is 0 Å². The summed E-state index contributed by atoms with van der Waals surface area (Å²) in [5.74, 6) is -1.82. The fourth-order valence-electron chi connectivity index (χ4n) is 4.04. The van der Waals surface area contributed by atoms with Crippen LogP contribution in [0, 0.1) is 12.8 Å². The predicted molar refractivity (Wildman–Crippen MR) is 115 cm³/mol. The van der Waals surface area contributed by atoms with Crippen molar-refractivity contribution in [1.29, 1.82) is 0 Å². The summed E-state index contributed by atoms with van der Waals surface area (Å²) in [5, 5.41) is 19.1. The van der Waals surface area contributed by atoms with Gasteiger partial charge in [0, 0.05) is 16.9 Å². The smallest absolute Gasteiger partial charge is 0.336 e. The average molecular weight is 446 g/mol. The van der Waals surface area contributed by atoms with Crippen molar-refractivity contribution < 1.29 is 33.3 Å². The quantitative estimate of drug-likeness (QED) is 0.577. The van der Waals surface area contributed by atoms with E-state index in [4.69, 9.17) is 4.74 Å². The lowest BCUT2D eigenvalue weighted by Crippen LogP contribution is -2.16. The summed E-state index contributed by atoms with van der Waals surface area (Å²) in [6.45, 7) is 2.09. The van der Waals surface area contributed by atoms with E-state index in [0.29, 0.717) is 40.5 Å². The second-order valence-electron chi connectivity index (χ2n) is 7.92. The van der Waals surface area contributed by atoms with Crippen LogP contribution in [0.25, 0.3) is 11.1 Å². The van der Waals surface area contributed by atoms with Crippen LogP contribution in [-0.4, -0.2) is 37.5 Å². The molecule has 1 aliphatic rings. The Morgan fingerprint density at radius 1 is 1.03 bits per heavy atom. The molecule has 31 heavy (non-hydrogen) atoms. The first-order valence-electron chi connectivity index (χ1n) is 10.2. The molecule has 0 aromatic heterocycles. The first kappa shape index (κ1) is 23.0. The first-order valence-corrected chi connectivity index (χ1v) is 11.4. The molecule has 1 unspecified atom stereocenters. The largest absolute Gasteiger partial charge is 0.772 e. The molecule has 0 amide bonds. The first-order chi connectivity index (χ1) is 14.8. The number of aromatic carboxylic acids is 2. The Labute approximate surface area is 183 Å². The molecule has 2 N–H and O–H groups in total. The summed E-state index contributed by atoms with van der Waals surface area (Å²) in [5.41, 5.74) is 1.37. The van der Waals surface area contributed by atoms with Crippen LogP contribution in [0.15, 0.2) is 30.3 Å². The number of hydrogen-bond acceptors (Lipinski definition) is 5. The van der Waals surface area contributed by atoms with E-state index in [1.165, 1.54) is 12.5 Å². The van der Waals surface area contributed by atoms with Crippen LogP contribution < -0.4 is 4.74 Å². The number of carboxylic acid groups (broad SMARTS) is 2. The average Bonchev–Trinajstić information content (AvgIpc) is 2.72. The van der Waals surface area contributed by atoms with Gasteiger partial charge in [0.15, 0.2) is 0 Å². The van der Waals surface area contributed by atoms with E-state index in [9.17, 15) is 28.6 Å². The lowest BCUT2D eigenvalue weighted by molar-refractivity contribution is 0.0695. The molecule has 2 aromatic rings. The molecule has 0 bridgehead atoms. The molecule has 2 aromatic carbocycles. The number of ether oxygens (including phenoxy) is 1. The third-order valence-electron chi connectivity index (χ3n) is 5.64. The second-order valence-corrected chi connectivity index (χ2v) is 8.81. The van der Waals surface area contributed by atoms with Crippen molar-refractivity contribution in [2.75, 3.05) is 6.61 Å². The minimum Gasteiger partial charge on any atom is -0.772 e. The number of hydrogen-bond donors (Lipinski definition) is 2. The normalized spacial score (nSPS) is 15.4. The predicted octanol–water partition coefficient (Wildman–Crippen LogP) is 4.40. The Balaban J connectivity index is 2.07. The van der Waals surface area contributed by atoms with Crippen LogP contribution in [0.2, 0.25) is 0 Å².